The number of benzene rings is 1. The lowest BCUT2D eigenvalue weighted by Gasteiger charge is -2.36. The molecule has 1 heterocycles. The first-order valence-corrected chi connectivity index (χ1v) is 6.23. The van der Waals surface area contributed by atoms with E-state index in [4.69, 9.17) is 4.74 Å². The number of aryl methyl sites for hydroxylation is 2. The molecule has 0 atom stereocenters. The van der Waals surface area contributed by atoms with Gasteiger partial charge in [0.05, 0.1) is 5.41 Å². The van der Waals surface area contributed by atoms with Crippen LogP contribution in [0.5, 0.6) is 0 Å². The van der Waals surface area contributed by atoms with Crippen LogP contribution in [0.3, 0.4) is 0 Å². The molecular weight excluding hydrogens is 212 g/mol. The third kappa shape index (κ3) is 2.14. The average molecular weight is 232 g/mol. The number of hydrogen-bond donors (Lipinski definition) is 0. The molecule has 92 valence electrons. The molecule has 0 N–H and O–H groups in total. The molecule has 0 spiro atoms. The minimum Gasteiger partial charge on any atom is -0.381 e. The molecule has 1 aromatic rings. The van der Waals surface area contributed by atoms with E-state index in [0.29, 0.717) is 13.2 Å². The Morgan fingerprint density at radius 1 is 1.24 bits per heavy atom. The predicted molar refractivity (Wildman–Crippen MR) is 68.3 cm³/mol. The second kappa shape index (κ2) is 4.61. The normalized spacial score (nSPS) is 19.0. The summed E-state index contributed by atoms with van der Waals surface area (Å²) in [5.41, 5.74) is 3.36. The molecule has 0 amide bonds. The highest BCUT2D eigenvalue weighted by molar-refractivity contribution is 5.88. The molecule has 0 bridgehead atoms. The third-order valence-electron chi connectivity index (χ3n) is 3.92. The van der Waals surface area contributed by atoms with Gasteiger partial charge in [-0.1, -0.05) is 23.8 Å². The maximum atomic E-state index is 12.1. The van der Waals surface area contributed by atoms with Crippen molar-refractivity contribution in [2.45, 2.75) is 39.0 Å². The van der Waals surface area contributed by atoms with E-state index in [9.17, 15) is 4.79 Å². The van der Waals surface area contributed by atoms with Gasteiger partial charge in [-0.05, 0) is 44.7 Å². The lowest BCUT2D eigenvalue weighted by Crippen LogP contribution is -2.40. The maximum Gasteiger partial charge on any atom is 0.140 e. The highest BCUT2D eigenvalue weighted by Gasteiger charge is 2.39. The van der Waals surface area contributed by atoms with Gasteiger partial charge in [0.2, 0.25) is 0 Å². The van der Waals surface area contributed by atoms with Crippen molar-refractivity contribution in [2.75, 3.05) is 13.2 Å². The van der Waals surface area contributed by atoms with Crippen LogP contribution in [0, 0.1) is 13.8 Å². The lowest BCUT2D eigenvalue weighted by molar-refractivity contribution is -0.126. The molecular formula is C15H20O2. The first-order valence-electron chi connectivity index (χ1n) is 6.23. The number of ether oxygens (including phenoxy) is 1. The van der Waals surface area contributed by atoms with Gasteiger partial charge in [-0.3, -0.25) is 4.79 Å². The Labute approximate surface area is 103 Å². The average Bonchev–Trinajstić information content (AvgIpc) is 2.29. The molecule has 2 rings (SSSR count). The third-order valence-corrected chi connectivity index (χ3v) is 3.92. The van der Waals surface area contributed by atoms with Gasteiger partial charge >= 0.3 is 0 Å². The Balaban J connectivity index is 2.49. The van der Waals surface area contributed by atoms with E-state index < -0.39 is 0 Å². The predicted octanol–water partition coefficient (Wildman–Crippen LogP) is 2.94. The van der Waals surface area contributed by atoms with Crippen LogP contribution in [0.25, 0.3) is 0 Å². The van der Waals surface area contributed by atoms with Gasteiger partial charge in [0, 0.05) is 13.2 Å². The summed E-state index contributed by atoms with van der Waals surface area (Å²) in [6, 6.07) is 6.38. The van der Waals surface area contributed by atoms with Crippen molar-refractivity contribution in [3.05, 3.63) is 34.9 Å². The highest BCUT2D eigenvalue weighted by atomic mass is 16.5. The standard InChI is InChI=1S/C15H20O2/c1-11-4-5-14(12(2)10-11)15(13(3)16)6-8-17-9-7-15/h4-5,10H,6-9H2,1-3H3. The Morgan fingerprint density at radius 2 is 1.88 bits per heavy atom. The molecule has 0 aromatic heterocycles. The zero-order valence-corrected chi connectivity index (χ0v) is 10.9. The van der Waals surface area contributed by atoms with Crippen molar-refractivity contribution in [3.8, 4) is 0 Å². The molecule has 1 fully saturated rings. The molecule has 1 aliphatic rings. The van der Waals surface area contributed by atoms with Gasteiger partial charge in [-0.25, -0.2) is 0 Å². The topological polar surface area (TPSA) is 26.3 Å². The Bertz CT molecular complexity index is 429. The maximum absolute atomic E-state index is 12.1. The number of hydrogen-bond acceptors (Lipinski definition) is 2. The monoisotopic (exact) mass is 232 g/mol. The number of rotatable bonds is 2. The largest absolute Gasteiger partial charge is 0.381 e. The fourth-order valence-electron chi connectivity index (χ4n) is 2.88. The molecule has 0 radical (unpaired) electrons. The zero-order chi connectivity index (χ0) is 12.5. The molecule has 0 aliphatic carbocycles. The van der Waals surface area contributed by atoms with Crippen molar-refractivity contribution in [3.63, 3.8) is 0 Å². The first-order chi connectivity index (χ1) is 8.06. The minimum absolute atomic E-state index is 0.271. The molecule has 2 heteroatoms. The summed E-state index contributed by atoms with van der Waals surface area (Å²) >= 11 is 0. The fourth-order valence-corrected chi connectivity index (χ4v) is 2.88. The molecule has 1 aromatic carbocycles. The summed E-state index contributed by atoms with van der Waals surface area (Å²) in [6.45, 7) is 7.27. The van der Waals surface area contributed by atoms with Crippen molar-refractivity contribution in [1.82, 2.24) is 0 Å². The summed E-state index contributed by atoms with van der Waals surface area (Å²) in [4.78, 5) is 12.1. The smallest absolute Gasteiger partial charge is 0.140 e. The van der Waals surface area contributed by atoms with Gasteiger partial charge in [-0.2, -0.15) is 0 Å². The zero-order valence-electron chi connectivity index (χ0n) is 10.9. The summed E-state index contributed by atoms with van der Waals surface area (Å²) in [6.07, 6.45) is 1.62. The van der Waals surface area contributed by atoms with Gasteiger partial charge in [0.15, 0.2) is 0 Å². The lowest BCUT2D eigenvalue weighted by atomic mass is 9.70. The molecule has 0 unspecified atom stereocenters. The van der Waals surface area contributed by atoms with Crippen LogP contribution >= 0.6 is 0 Å². The summed E-state index contributed by atoms with van der Waals surface area (Å²) < 4.78 is 5.41. The van der Waals surface area contributed by atoms with Gasteiger partial charge in [0.1, 0.15) is 5.78 Å². The second-order valence-electron chi connectivity index (χ2n) is 5.07. The van der Waals surface area contributed by atoms with Gasteiger partial charge in [-0.15, -0.1) is 0 Å². The van der Waals surface area contributed by atoms with Crippen molar-refractivity contribution in [2.24, 2.45) is 0 Å². The van der Waals surface area contributed by atoms with Crippen LogP contribution in [0.4, 0.5) is 0 Å². The van der Waals surface area contributed by atoms with Gasteiger partial charge in [0.25, 0.3) is 0 Å². The quantitative estimate of drug-likeness (QED) is 0.783. The van der Waals surface area contributed by atoms with Crippen molar-refractivity contribution in [1.29, 1.82) is 0 Å². The first kappa shape index (κ1) is 12.3. The Hall–Kier alpha value is -1.15. The van der Waals surface area contributed by atoms with Crippen LogP contribution in [0.2, 0.25) is 0 Å². The van der Waals surface area contributed by atoms with Crippen molar-refractivity contribution >= 4 is 5.78 Å². The summed E-state index contributed by atoms with van der Waals surface area (Å²) in [5.74, 6) is 0.271. The fraction of sp³-hybridized carbons (Fsp3) is 0.533. The van der Waals surface area contributed by atoms with E-state index in [2.05, 4.69) is 32.0 Å². The Kier molecular flexibility index (Phi) is 3.34. The minimum atomic E-state index is -0.309. The summed E-state index contributed by atoms with van der Waals surface area (Å²) in [7, 11) is 0. The van der Waals surface area contributed by atoms with Gasteiger partial charge < -0.3 is 4.74 Å². The van der Waals surface area contributed by atoms with E-state index in [1.165, 1.54) is 16.7 Å². The number of ketones is 1. The van der Waals surface area contributed by atoms with E-state index >= 15 is 0 Å². The SMILES string of the molecule is CC(=O)C1(c2ccc(C)cc2C)CCOCC1. The highest BCUT2D eigenvalue weighted by Crippen LogP contribution is 2.37. The Morgan fingerprint density at radius 3 is 2.41 bits per heavy atom. The van der Waals surface area contributed by atoms with E-state index in [1.807, 2.05) is 0 Å². The van der Waals surface area contributed by atoms with E-state index in [1.54, 1.807) is 6.92 Å². The molecule has 2 nitrogen and oxygen atoms in total. The molecule has 1 aliphatic heterocycles. The molecule has 1 saturated heterocycles. The van der Waals surface area contributed by atoms with Crippen LogP contribution in [0.1, 0.15) is 36.5 Å². The van der Waals surface area contributed by atoms with E-state index in [0.717, 1.165) is 12.8 Å². The number of carbonyl (C=O) groups excluding carboxylic acids is 1. The molecule has 17 heavy (non-hydrogen) atoms. The summed E-state index contributed by atoms with van der Waals surface area (Å²) in [5, 5.41) is 0. The van der Waals surface area contributed by atoms with Crippen molar-refractivity contribution < 1.29 is 9.53 Å². The van der Waals surface area contributed by atoms with Crippen LogP contribution in [-0.4, -0.2) is 19.0 Å². The van der Waals surface area contributed by atoms with Crippen LogP contribution < -0.4 is 0 Å². The second-order valence-corrected chi connectivity index (χ2v) is 5.07. The molecule has 0 saturated carbocycles. The number of Topliss-reactive ketones (excluding diaryl/α,β-unsaturated/α-hetero) is 1. The van der Waals surface area contributed by atoms with Crippen LogP contribution in [0.15, 0.2) is 18.2 Å². The van der Waals surface area contributed by atoms with E-state index in [-0.39, 0.29) is 11.2 Å². The number of carbonyl (C=O) groups is 1. The van der Waals surface area contributed by atoms with Crippen LogP contribution in [-0.2, 0) is 14.9 Å².